The lowest BCUT2D eigenvalue weighted by atomic mass is 9.87. The number of likely N-dealkylation sites (tertiary alicyclic amines) is 1. The third-order valence-corrected chi connectivity index (χ3v) is 5.06. The summed E-state index contributed by atoms with van der Waals surface area (Å²) in [5, 5.41) is 12.7. The van der Waals surface area contributed by atoms with E-state index in [4.69, 9.17) is 0 Å². The van der Waals surface area contributed by atoms with Crippen LogP contribution < -0.4 is 5.32 Å². The summed E-state index contributed by atoms with van der Waals surface area (Å²) < 4.78 is 0. The van der Waals surface area contributed by atoms with Crippen LogP contribution in [0.15, 0.2) is 0 Å². The average molecular weight is 296 g/mol. The van der Waals surface area contributed by atoms with Gasteiger partial charge in [-0.3, -0.25) is 0 Å². The molecule has 5 nitrogen and oxygen atoms in total. The number of carboxylic acid groups (broad SMARTS) is 1. The van der Waals surface area contributed by atoms with Crippen LogP contribution in [0.1, 0.15) is 65.2 Å². The van der Waals surface area contributed by atoms with Gasteiger partial charge in [0.15, 0.2) is 0 Å². The lowest BCUT2D eigenvalue weighted by molar-refractivity contribution is -0.148. The van der Waals surface area contributed by atoms with Crippen LogP contribution in [0.3, 0.4) is 0 Å². The normalized spacial score (nSPS) is 33.0. The molecule has 2 fully saturated rings. The second-order valence-electron chi connectivity index (χ2n) is 6.76. The van der Waals surface area contributed by atoms with Crippen LogP contribution in [0.5, 0.6) is 0 Å². The molecule has 0 aromatic carbocycles. The van der Waals surface area contributed by atoms with Gasteiger partial charge in [-0.2, -0.15) is 0 Å². The van der Waals surface area contributed by atoms with E-state index in [1.807, 2.05) is 6.92 Å². The van der Waals surface area contributed by atoms with Gasteiger partial charge in [-0.05, 0) is 38.0 Å². The van der Waals surface area contributed by atoms with Crippen molar-refractivity contribution in [2.75, 3.05) is 6.54 Å². The molecule has 0 spiro atoms. The summed E-state index contributed by atoms with van der Waals surface area (Å²) in [5.74, 6) is -0.212. The summed E-state index contributed by atoms with van der Waals surface area (Å²) in [5.41, 5.74) is -0.987. The predicted octanol–water partition coefficient (Wildman–Crippen LogP) is 2.99. The molecule has 1 aliphatic heterocycles. The predicted molar refractivity (Wildman–Crippen MR) is 81.2 cm³/mol. The van der Waals surface area contributed by atoms with Crippen LogP contribution >= 0.6 is 0 Å². The molecule has 5 heteroatoms. The molecule has 1 aliphatic carbocycles. The molecule has 0 radical (unpaired) electrons. The quantitative estimate of drug-likeness (QED) is 0.838. The van der Waals surface area contributed by atoms with Crippen molar-refractivity contribution in [3.63, 3.8) is 0 Å². The zero-order valence-electron chi connectivity index (χ0n) is 13.2. The minimum Gasteiger partial charge on any atom is -0.479 e. The molecule has 120 valence electrons. The second-order valence-corrected chi connectivity index (χ2v) is 6.76. The summed E-state index contributed by atoms with van der Waals surface area (Å²) in [6, 6.07) is 0.0254. The summed E-state index contributed by atoms with van der Waals surface area (Å²) in [6.45, 7) is 4.75. The summed E-state index contributed by atoms with van der Waals surface area (Å²) in [7, 11) is 0. The number of hydrogen-bond acceptors (Lipinski definition) is 2. The summed E-state index contributed by atoms with van der Waals surface area (Å²) in [4.78, 5) is 25.9. The maximum Gasteiger partial charge on any atom is 0.329 e. The van der Waals surface area contributed by atoms with Crippen molar-refractivity contribution < 1.29 is 14.7 Å². The topological polar surface area (TPSA) is 69.6 Å². The number of rotatable bonds is 4. The van der Waals surface area contributed by atoms with Crippen LogP contribution in [0, 0.1) is 5.92 Å². The van der Waals surface area contributed by atoms with Gasteiger partial charge in [-0.15, -0.1) is 0 Å². The van der Waals surface area contributed by atoms with Gasteiger partial charge in [0.1, 0.15) is 5.54 Å². The van der Waals surface area contributed by atoms with Crippen molar-refractivity contribution >= 4 is 12.0 Å². The standard InChI is InChI=1S/C16H28N2O3/c1-3-8-16(14(19)20)9-5-10-18(16)15(21)17-13-7-4-6-12(2)11-13/h12-13H,3-11H2,1-2H3,(H,17,21)(H,19,20). The third-order valence-electron chi connectivity index (χ3n) is 5.06. The molecule has 21 heavy (non-hydrogen) atoms. The monoisotopic (exact) mass is 296 g/mol. The van der Waals surface area contributed by atoms with Gasteiger partial charge in [0, 0.05) is 12.6 Å². The molecule has 2 amide bonds. The summed E-state index contributed by atoms with van der Waals surface area (Å²) >= 11 is 0. The molecule has 0 aromatic heterocycles. The minimum atomic E-state index is -0.987. The number of urea groups is 1. The van der Waals surface area contributed by atoms with E-state index in [-0.39, 0.29) is 12.1 Å². The Bertz CT molecular complexity index is 399. The van der Waals surface area contributed by atoms with Gasteiger partial charge in [-0.1, -0.05) is 33.1 Å². The zero-order chi connectivity index (χ0) is 15.5. The van der Waals surface area contributed by atoms with Crippen molar-refractivity contribution in [3.8, 4) is 0 Å². The van der Waals surface area contributed by atoms with E-state index in [9.17, 15) is 14.7 Å². The van der Waals surface area contributed by atoms with Crippen LogP contribution in [0.25, 0.3) is 0 Å². The van der Waals surface area contributed by atoms with E-state index >= 15 is 0 Å². The van der Waals surface area contributed by atoms with Crippen molar-refractivity contribution in [3.05, 3.63) is 0 Å². The van der Waals surface area contributed by atoms with Gasteiger partial charge in [0.25, 0.3) is 0 Å². The molecular formula is C16H28N2O3. The number of carboxylic acids is 1. The second kappa shape index (κ2) is 6.67. The Morgan fingerprint density at radius 2 is 2.10 bits per heavy atom. The highest BCUT2D eigenvalue weighted by Crippen LogP contribution is 2.34. The third kappa shape index (κ3) is 3.33. The number of nitrogens with zero attached hydrogens (tertiary/aromatic N) is 1. The minimum absolute atomic E-state index is 0.178. The molecule has 0 bridgehead atoms. The Labute approximate surface area is 127 Å². The van der Waals surface area contributed by atoms with Crippen LogP contribution in [0.2, 0.25) is 0 Å². The molecule has 2 aliphatic rings. The first-order chi connectivity index (χ1) is 9.99. The first kappa shape index (κ1) is 16.1. The molecule has 2 rings (SSSR count). The van der Waals surface area contributed by atoms with Crippen LogP contribution in [-0.2, 0) is 4.79 Å². The molecule has 1 heterocycles. The Morgan fingerprint density at radius 3 is 2.71 bits per heavy atom. The lowest BCUT2D eigenvalue weighted by Gasteiger charge is -2.36. The Morgan fingerprint density at radius 1 is 1.33 bits per heavy atom. The fraction of sp³-hybridized carbons (Fsp3) is 0.875. The molecule has 1 saturated carbocycles. The highest BCUT2D eigenvalue weighted by atomic mass is 16.4. The van der Waals surface area contributed by atoms with Gasteiger partial charge in [0.05, 0.1) is 0 Å². The number of carbonyl (C=O) groups excluding carboxylic acids is 1. The van der Waals surface area contributed by atoms with Crippen molar-refractivity contribution in [1.82, 2.24) is 10.2 Å². The number of aliphatic carboxylic acids is 1. The SMILES string of the molecule is CCCC1(C(=O)O)CCCN1C(=O)NC1CCCC(C)C1. The Balaban J connectivity index is 2.04. The van der Waals surface area contributed by atoms with Gasteiger partial charge >= 0.3 is 12.0 Å². The Kier molecular flexibility index (Phi) is 5.12. The van der Waals surface area contributed by atoms with E-state index in [0.29, 0.717) is 25.3 Å². The first-order valence-electron chi connectivity index (χ1n) is 8.31. The van der Waals surface area contributed by atoms with Crippen molar-refractivity contribution in [2.24, 2.45) is 5.92 Å². The summed E-state index contributed by atoms with van der Waals surface area (Å²) in [6.07, 6.45) is 7.06. The molecule has 0 aromatic rings. The van der Waals surface area contributed by atoms with E-state index in [2.05, 4.69) is 12.2 Å². The molecule has 3 atom stereocenters. The molecule has 1 saturated heterocycles. The number of hydrogen-bond donors (Lipinski definition) is 2. The maximum absolute atomic E-state index is 12.6. The van der Waals surface area contributed by atoms with Crippen LogP contribution in [0.4, 0.5) is 4.79 Å². The zero-order valence-corrected chi connectivity index (χ0v) is 13.2. The fourth-order valence-electron chi connectivity index (χ4n) is 4.00. The lowest BCUT2D eigenvalue weighted by Crippen LogP contribution is -2.57. The van der Waals surface area contributed by atoms with Gasteiger partial charge in [-0.25, -0.2) is 9.59 Å². The van der Waals surface area contributed by atoms with Gasteiger partial charge in [0.2, 0.25) is 0 Å². The molecular weight excluding hydrogens is 268 g/mol. The Hall–Kier alpha value is -1.26. The average Bonchev–Trinajstić information content (AvgIpc) is 2.84. The highest BCUT2D eigenvalue weighted by Gasteiger charge is 2.49. The van der Waals surface area contributed by atoms with Crippen LogP contribution in [-0.4, -0.2) is 40.1 Å². The molecule has 3 unspecified atom stereocenters. The van der Waals surface area contributed by atoms with E-state index in [1.165, 1.54) is 6.42 Å². The van der Waals surface area contributed by atoms with E-state index in [0.717, 1.165) is 32.1 Å². The number of amides is 2. The smallest absolute Gasteiger partial charge is 0.329 e. The molecule has 2 N–H and O–H groups in total. The number of carbonyl (C=O) groups is 2. The fourth-order valence-corrected chi connectivity index (χ4v) is 4.00. The highest BCUT2D eigenvalue weighted by molar-refractivity contribution is 5.87. The van der Waals surface area contributed by atoms with E-state index in [1.54, 1.807) is 4.90 Å². The largest absolute Gasteiger partial charge is 0.479 e. The number of nitrogens with one attached hydrogen (secondary N) is 1. The van der Waals surface area contributed by atoms with Crippen molar-refractivity contribution in [2.45, 2.75) is 76.8 Å². The first-order valence-corrected chi connectivity index (χ1v) is 8.31. The van der Waals surface area contributed by atoms with Crippen molar-refractivity contribution in [1.29, 1.82) is 0 Å². The maximum atomic E-state index is 12.6. The van der Waals surface area contributed by atoms with Gasteiger partial charge < -0.3 is 15.3 Å². The van der Waals surface area contributed by atoms with E-state index < -0.39 is 11.5 Å².